The lowest BCUT2D eigenvalue weighted by Crippen LogP contribution is -1.99. The number of rotatable bonds is 3. The second-order valence-electron chi connectivity index (χ2n) is 6.37. The number of halogens is 1. The summed E-state index contributed by atoms with van der Waals surface area (Å²) in [4.78, 5) is 29.9. The number of hydrogen-bond donors (Lipinski definition) is 0. The summed E-state index contributed by atoms with van der Waals surface area (Å²) in [6, 6.07) is 8.66. The van der Waals surface area contributed by atoms with E-state index in [1.54, 1.807) is 30.5 Å². The molecule has 0 unspecified atom stereocenters. The molecule has 1 aliphatic carbocycles. The van der Waals surface area contributed by atoms with Crippen molar-refractivity contribution >= 4 is 51.0 Å². The first kappa shape index (κ1) is 17.2. The maximum absolute atomic E-state index is 12.8. The molecule has 0 amide bonds. The molecular weight excluding hydrogens is 398 g/mol. The minimum absolute atomic E-state index is 0.0759. The Kier molecular flexibility index (Phi) is 3.86. The van der Waals surface area contributed by atoms with Gasteiger partial charge in [-0.2, -0.15) is 4.98 Å². The molecule has 0 saturated carbocycles. The summed E-state index contributed by atoms with van der Waals surface area (Å²) in [6.45, 7) is 1.95. The van der Waals surface area contributed by atoms with Gasteiger partial charge in [0.05, 0.1) is 16.5 Å². The average molecular weight is 410 g/mol. The molecule has 1 aromatic carbocycles. The second-order valence-corrected chi connectivity index (χ2v) is 7.81. The average Bonchev–Trinajstić information content (AvgIpc) is 3.43. The van der Waals surface area contributed by atoms with Gasteiger partial charge in [-0.05, 0) is 42.3 Å². The van der Waals surface area contributed by atoms with Gasteiger partial charge >= 0.3 is 0 Å². The predicted molar refractivity (Wildman–Crippen MR) is 107 cm³/mol. The first-order valence-corrected chi connectivity index (χ1v) is 9.82. The summed E-state index contributed by atoms with van der Waals surface area (Å²) in [6.07, 6.45) is 3.75. The third kappa shape index (κ3) is 2.57. The van der Waals surface area contributed by atoms with Crippen molar-refractivity contribution in [1.29, 1.82) is 0 Å². The fourth-order valence-corrected chi connectivity index (χ4v) is 4.46. The summed E-state index contributed by atoms with van der Waals surface area (Å²) < 4.78 is 11.9. The Morgan fingerprint density at radius 3 is 2.64 bits per heavy atom. The predicted octanol–water partition coefficient (Wildman–Crippen LogP) is 5.83. The molecule has 7 heteroatoms. The SMILES string of the molecule is CCc1cc2c(cc1Cl)C(=O)/C(=C/c1cc3sc(-c4ccco4)nc3o1)C2=O. The van der Waals surface area contributed by atoms with Crippen molar-refractivity contribution in [1.82, 2.24) is 4.98 Å². The van der Waals surface area contributed by atoms with Crippen LogP contribution in [0.15, 0.2) is 51.0 Å². The number of hydrogen-bond acceptors (Lipinski definition) is 6. The highest BCUT2D eigenvalue weighted by atomic mass is 35.5. The van der Waals surface area contributed by atoms with E-state index < -0.39 is 0 Å². The summed E-state index contributed by atoms with van der Waals surface area (Å²) in [5, 5.41) is 1.21. The molecular formula is C21H12ClNO4S. The normalized spacial score (nSPS) is 15.1. The van der Waals surface area contributed by atoms with E-state index in [2.05, 4.69) is 4.98 Å². The summed E-state index contributed by atoms with van der Waals surface area (Å²) >= 11 is 7.62. The van der Waals surface area contributed by atoms with Gasteiger partial charge in [0, 0.05) is 22.2 Å². The minimum Gasteiger partial charge on any atom is -0.462 e. The second kappa shape index (κ2) is 6.29. The van der Waals surface area contributed by atoms with E-state index in [0.717, 1.165) is 10.3 Å². The molecule has 3 aromatic heterocycles. The molecule has 0 bridgehead atoms. The molecule has 0 radical (unpaired) electrons. The van der Waals surface area contributed by atoms with Crippen LogP contribution in [0.2, 0.25) is 5.02 Å². The van der Waals surface area contributed by atoms with E-state index in [-0.39, 0.29) is 17.1 Å². The molecule has 5 rings (SSSR count). The van der Waals surface area contributed by atoms with Gasteiger partial charge in [0.25, 0.3) is 0 Å². The van der Waals surface area contributed by atoms with Gasteiger partial charge in [-0.15, -0.1) is 11.3 Å². The standard InChI is InChI=1S/C21H12ClNO4S/c1-2-10-6-12-13(9-15(10)22)19(25)14(18(12)24)7-11-8-17-20(27-11)23-21(28-17)16-4-3-5-26-16/h3-9H,2H2,1H3/b14-7+. The van der Waals surface area contributed by atoms with Crippen LogP contribution < -0.4 is 0 Å². The number of fused-ring (bicyclic) bond motifs is 2. The fraction of sp³-hybridized carbons (Fsp3) is 0.0952. The van der Waals surface area contributed by atoms with Crippen LogP contribution in [0.1, 0.15) is 39.0 Å². The number of ketones is 2. The van der Waals surface area contributed by atoms with E-state index in [9.17, 15) is 9.59 Å². The number of allylic oxidation sites excluding steroid dienone is 1. The van der Waals surface area contributed by atoms with Crippen molar-refractivity contribution in [3.63, 3.8) is 0 Å². The van der Waals surface area contributed by atoms with Gasteiger partial charge in [0.15, 0.2) is 22.3 Å². The number of aromatic nitrogens is 1. The molecule has 0 N–H and O–H groups in total. The molecule has 3 heterocycles. The lowest BCUT2D eigenvalue weighted by molar-refractivity contribution is 0.0990. The Balaban J connectivity index is 1.53. The van der Waals surface area contributed by atoms with Crippen LogP contribution in [0.5, 0.6) is 0 Å². The Morgan fingerprint density at radius 2 is 1.96 bits per heavy atom. The van der Waals surface area contributed by atoms with Crippen LogP contribution in [-0.4, -0.2) is 16.6 Å². The van der Waals surface area contributed by atoms with Crippen molar-refractivity contribution in [3.8, 4) is 10.8 Å². The Hall–Kier alpha value is -2.96. The number of nitrogens with zero attached hydrogens (tertiary/aromatic N) is 1. The lowest BCUT2D eigenvalue weighted by Gasteiger charge is -2.03. The molecule has 0 aliphatic heterocycles. The van der Waals surface area contributed by atoms with Gasteiger partial charge in [0.2, 0.25) is 5.71 Å². The first-order chi connectivity index (χ1) is 13.5. The third-order valence-corrected chi connectivity index (χ3v) is 6.02. The van der Waals surface area contributed by atoms with E-state index in [1.165, 1.54) is 17.4 Å². The molecule has 28 heavy (non-hydrogen) atoms. The smallest absolute Gasteiger partial charge is 0.238 e. The Labute approximate surface area is 168 Å². The number of furan rings is 2. The molecule has 1 aliphatic rings. The maximum atomic E-state index is 12.8. The summed E-state index contributed by atoms with van der Waals surface area (Å²) in [5.41, 5.74) is 2.09. The number of thiazole rings is 1. The van der Waals surface area contributed by atoms with Crippen LogP contribution in [0.4, 0.5) is 0 Å². The molecule has 0 fully saturated rings. The molecule has 4 aromatic rings. The maximum Gasteiger partial charge on any atom is 0.238 e. The van der Waals surface area contributed by atoms with E-state index in [0.29, 0.717) is 44.8 Å². The number of carbonyl (C=O) groups is 2. The van der Waals surface area contributed by atoms with Crippen molar-refractivity contribution in [2.45, 2.75) is 13.3 Å². The van der Waals surface area contributed by atoms with E-state index in [4.69, 9.17) is 20.4 Å². The van der Waals surface area contributed by atoms with Gasteiger partial charge in [-0.1, -0.05) is 18.5 Å². The lowest BCUT2D eigenvalue weighted by atomic mass is 10.0. The van der Waals surface area contributed by atoms with Gasteiger partial charge < -0.3 is 8.83 Å². The van der Waals surface area contributed by atoms with Crippen LogP contribution in [0, 0.1) is 0 Å². The van der Waals surface area contributed by atoms with E-state index >= 15 is 0 Å². The number of aryl methyl sites for hydroxylation is 1. The van der Waals surface area contributed by atoms with Crippen molar-refractivity contribution in [2.24, 2.45) is 0 Å². The van der Waals surface area contributed by atoms with Gasteiger partial charge in [-0.25, -0.2) is 0 Å². The highest BCUT2D eigenvalue weighted by Crippen LogP contribution is 2.35. The minimum atomic E-state index is -0.339. The number of carbonyl (C=O) groups excluding carboxylic acids is 2. The number of Topliss-reactive ketones (excluding diaryl/α,β-unsaturated/α-hetero) is 2. The zero-order valence-corrected chi connectivity index (χ0v) is 16.2. The number of benzene rings is 1. The molecule has 0 spiro atoms. The van der Waals surface area contributed by atoms with Crippen molar-refractivity contribution < 1.29 is 18.4 Å². The van der Waals surface area contributed by atoms with Crippen molar-refractivity contribution in [2.75, 3.05) is 0 Å². The fourth-order valence-electron chi connectivity index (χ4n) is 3.26. The molecule has 0 saturated heterocycles. The molecule has 138 valence electrons. The Morgan fingerprint density at radius 1 is 1.18 bits per heavy atom. The topological polar surface area (TPSA) is 73.3 Å². The van der Waals surface area contributed by atoms with Crippen molar-refractivity contribution in [3.05, 3.63) is 69.6 Å². The zero-order valence-electron chi connectivity index (χ0n) is 14.6. The van der Waals surface area contributed by atoms with Gasteiger partial charge in [-0.3, -0.25) is 9.59 Å². The largest absolute Gasteiger partial charge is 0.462 e. The molecule has 0 atom stereocenters. The van der Waals surface area contributed by atoms with Crippen LogP contribution in [-0.2, 0) is 6.42 Å². The van der Waals surface area contributed by atoms with Crippen LogP contribution >= 0.6 is 22.9 Å². The summed E-state index contributed by atoms with van der Waals surface area (Å²) in [5.74, 6) is 0.423. The quantitative estimate of drug-likeness (QED) is 0.314. The van der Waals surface area contributed by atoms with Crippen LogP contribution in [0.25, 0.3) is 27.3 Å². The van der Waals surface area contributed by atoms with E-state index in [1.807, 2.05) is 13.0 Å². The van der Waals surface area contributed by atoms with Gasteiger partial charge in [0.1, 0.15) is 5.76 Å². The first-order valence-electron chi connectivity index (χ1n) is 8.63. The molecule has 5 nitrogen and oxygen atoms in total. The highest BCUT2D eigenvalue weighted by Gasteiger charge is 2.34. The third-order valence-electron chi connectivity index (χ3n) is 4.67. The zero-order chi connectivity index (χ0) is 19.4. The monoisotopic (exact) mass is 409 g/mol. The Bertz CT molecular complexity index is 1260. The van der Waals surface area contributed by atoms with Crippen LogP contribution in [0.3, 0.4) is 0 Å². The highest BCUT2D eigenvalue weighted by molar-refractivity contribution is 7.21. The summed E-state index contributed by atoms with van der Waals surface area (Å²) in [7, 11) is 0.